The average molecular weight is 358 g/mol. The van der Waals surface area contributed by atoms with E-state index in [1.54, 1.807) is 6.07 Å². The Morgan fingerprint density at radius 3 is 2.87 bits per heavy atom. The molecule has 1 heterocycles. The second-order valence-electron chi connectivity index (χ2n) is 5.39. The Kier molecular flexibility index (Phi) is 7.20. The van der Waals surface area contributed by atoms with E-state index in [4.69, 9.17) is 16.3 Å². The lowest BCUT2D eigenvalue weighted by Gasteiger charge is -2.28. The molecule has 0 aliphatic carbocycles. The number of benzene rings is 1. The fourth-order valence-electron chi connectivity index (χ4n) is 2.47. The number of halogens is 1. The summed E-state index contributed by atoms with van der Waals surface area (Å²) in [4.78, 5) is 24.3. The van der Waals surface area contributed by atoms with Crippen LogP contribution >= 0.6 is 23.4 Å². The third kappa shape index (κ3) is 5.71. The van der Waals surface area contributed by atoms with Gasteiger partial charge in [0.25, 0.3) is 0 Å². The fourth-order valence-corrected chi connectivity index (χ4v) is 3.66. The topological polar surface area (TPSA) is 75.6 Å². The Hall–Kier alpha value is -1.24. The molecule has 2 atom stereocenters. The van der Waals surface area contributed by atoms with Crippen LogP contribution in [-0.2, 0) is 14.3 Å². The van der Waals surface area contributed by atoms with Crippen LogP contribution in [0, 0.1) is 5.92 Å². The van der Waals surface area contributed by atoms with Crippen LogP contribution in [0.3, 0.4) is 0 Å². The summed E-state index contributed by atoms with van der Waals surface area (Å²) in [5.41, 5.74) is 0. The van der Waals surface area contributed by atoms with Gasteiger partial charge < -0.3 is 15.2 Å². The van der Waals surface area contributed by atoms with Crippen molar-refractivity contribution in [1.82, 2.24) is 5.32 Å². The predicted molar refractivity (Wildman–Crippen MR) is 89.9 cm³/mol. The number of nitrogens with one attached hydrogen (secondary N) is 1. The molecule has 2 rings (SSSR count). The Labute approximate surface area is 144 Å². The van der Waals surface area contributed by atoms with Gasteiger partial charge in [-0.25, -0.2) is 4.79 Å². The van der Waals surface area contributed by atoms with Crippen LogP contribution in [0.25, 0.3) is 0 Å². The molecule has 1 aliphatic rings. The Balaban J connectivity index is 1.80. The van der Waals surface area contributed by atoms with Gasteiger partial charge in [-0.05, 0) is 25.0 Å². The van der Waals surface area contributed by atoms with Crippen molar-refractivity contribution < 1.29 is 19.4 Å². The van der Waals surface area contributed by atoms with Crippen molar-refractivity contribution in [3.63, 3.8) is 0 Å². The third-order valence-corrected chi connectivity index (χ3v) is 5.19. The maximum atomic E-state index is 12.0. The standard InChI is InChI=1S/C16H20ClNO4S/c17-12-5-1-2-6-13(12)23-9-7-14(19)18-15(16(20)21)11-4-3-8-22-10-11/h1-2,5-6,11,15H,3-4,7-10H2,(H,18,19)(H,20,21). The number of hydrogen-bond acceptors (Lipinski definition) is 4. The lowest BCUT2D eigenvalue weighted by atomic mass is 9.93. The van der Waals surface area contributed by atoms with E-state index in [0.29, 0.717) is 24.0 Å². The van der Waals surface area contributed by atoms with E-state index < -0.39 is 12.0 Å². The van der Waals surface area contributed by atoms with Crippen LogP contribution in [0.4, 0.5) is 0 Å². The molecule has 126 valence electrons. The van der Waals surface area contributed by atoms with E-state index >= 15 is 0 Å². The van der Waals surface area contributed by atoms with Gasteiger partial charge in [-0.2, -0.15) is 0 Å². The second-order valence-corrected chi connectivity index (χ2v) is 6.93. The summed E-state index contributed by atoms with van der Waals surface area (Å²) in [6, 6.07) is 6.55. The molecule has 1 aromatic rings. The van der Waals surface area contributed by atoms with Crippen molar-refractivity contribution in [2.75, 3.05) is 19.0 Å². The van der Waals surface area contributed by atoms with E-state index in [1.807, 2.05) is 18.2 Å². The van der Waals surface area contributed by atoms with Gasteiger partial charge in [-0.1, -0.05) is 23.7 Å². The number of carboxylic acid groups (broad SMARTS) is 1. The summed E-state index contributed by atoms with van der Waals surface area (Å²) in [6.07, 6.45) is 1.82. The highest BCUT2D eigenvalue weighted by molar-refractivity contribution is 7.99. The van der Waals surface area contributed by atoms with E-state index in [-0.39, 0.29) is 18.2 Å². The van der Waals surface area contributed by atoms with E-state index in [2.05, 4.69) is 5.32 Å². The number of ether oxygens (including phenoxy) is 1. The molecule has 0 radical (unpaired) electrons. The molecule has 7 heteroatoms. The first-order valence-electron chi connectivity index (χ1n) is 7.55. The first-order chi connectivity index (χ1) is 11.1. The minimum Gasteiger partial charge on any atom is -0.480 e. The molecule has 1 fully saturated rings. The molecule has 5 nitrogen and oxygen atoms in total. The molecule has 0 aromatic heterocycles. The molecule has 1 aromatic carbocycles. The van der Waals surface area contributed by atoms with E-state index in [9.17, 15) is 14.7 Å². The van der Waals surface area contributed by atoms with Crippen LogP contribution in [0.15, 0.2) is 29.2 Å². The monoisotopic (exact) mass is 357 g/mol. The van der Waals surface area contributed by atoms with Crippen molar-refractivity contribution in [3.05, 3.63) is 29.3 Å². The number of carbonyl (C=O) groups excluding carboxylic acids is 1. The SMILES string of the molecule is O=C(CCSc1ccccc1Cl)NC(C(=O)O)C1CCCOC1. The van der Waals surface area contributed by atoms with Crippen LogP contribution in [0.1, 0.15) is 19.3 Å². The first-order valence-corrected chi connectivity index (χ1v) is 8.91. The Bertz CT molecular complexity index is 549. The molecule has 2 unspecified atom stereocenters. The lowest BCUT2D eigenvalue weighted by molar-refractivity contribution is -0.145. The van der Waals surface area contributed by atoms with Gasteiger partial charge in [-0.15, -0.1) is 11.8 Å². The smallest absolute Gasteiger partial charge is 0.326 e. The van der Waals surface area contributed by atoms with Crippen LogP contribution < -0.4 is 5.32 Å². The highest BCUT2D eigenvalue weighted by Crippen LogP contribution is 2.27. The van der Waals surface area contributed by atoms with Gasteiger partial charge in [0, 0.05) is 29.6 Å². The van der Waals surface area contributed by atoms with Crippen molar-refractivity contribution in [3.8, 4) is 0 Å². The highest BCUT2D eigenvalue weighted by atomic mass is 35.5. The maximum absolute atomic E-state index is 12.0. The molecule has 0 spiro atoms. The molecule has 1 aliphatic heterocycles. The number of rotatable bonds is 7. The van der Waals surface area contributed by atoms with E-state index in [0.717, 1.165) is 17.7 Å². The summed E-state index contributed by atoms with van der Waals surface area (Å²) in [5, 5.41) is 12.6. The largest absolute Gasteiger partial charge is 0.480 e. The van der Waals surface area contributed by atoms with Crippen molar-refractivity contribution in [2.45, 2.75) is 30.2 Å². The number of hydrogen-bond donors (Lipinski definition) is 2. The summed E-state index contributed by atoms with van der Waals surface area (Å²) >= 11 is 7.54. The van der Waals surface area contributed by atoms with Crippen molar-refractivity contribution in [1.29, 1.82) is 0 Å². The summed E-state index contributed by atoms with van der Waals surface area (Å²) in [6.45, 7) is 1.04. The van der Waals surface area contributed by atoms with Crippen LogP contribution in [0.2, 0.25) is 5.02 Å². The number of carboxylic acids is 1. The van der Waals surface area contributed by atoms with Crippen molar-refractivity contribution >= 4 is 35.2 Å². The number of thioether (sulfide) groups is 1. The zero-order valence-corrected chi connectivity index (χ0v) is 14.2. The van der Waals surface area contributed by atoms with Gasteiger partial charge in [0.05, 0.1) is 11.6 Å². The van der Waals surface area contributed by atoms with Crippen LogP contribution in [0.5, 0.6) is 0 Å². The minimum absolute atomic E-state index is 0.165. The minimum atomic E-state index is -1.01. The van der Waals surface area contributed by atoms with E-state index in [1.165, 1.54) is 11.8 Å². The normalized spacial score (nSPS) is 19.1. The number of carbonyl (C=O) groups is 2. The zero-order valence-electron chi connectivity index (χ0n) is 12.7. The van der Waals surface area contributed by atoms with Gasteiger partial charge in [-0.3, -0.25) is 4.79 Å². The van der Waals surface area contributed by atoms with Gasteiger partial charge in [0.2, 0.25) is 5.91 Å². The predicted octanol–water partition coefficient (Wildman–Crippen LogP) is 2.82. The molecule has 2 N–H and O–H groups in total. The molecule has 1 amide bonds. The molecule has 23 heavy (non-hydrogen) atoms. The Morgan fingerprint density at radius 1 is 1.43 bits per heavy atom. The maximum Gasteiger partial charge on any atom is 0.326 e. The quantitative estimate of drug-likeness (QED) is 0.734. The summed E-state index contributed by atoms with van der Waals surface area (Å²) in [5.74, 6) is -0.889. The second kappa shape index (κ2) is 9.15. The van der Waals surface area contributed by atoms with Gasteiger partial charge >= 0.3 is 5.97 Å². The average Bonchev–Trinajstić information content (AvgIpc) is 2.55. The molecular weight excluding hydrogens is 338 g/mol. The first kappa shape index (κ1) is 18.1. The third-order valence-electron chi connectivity index (χ3n) is 3.67. The summed E-state index contributed by atoms with van der Waals surface area (Å²) < 4.78 is 5.31. The van der Waals surface area contributed by atoms with Gasteiger partial charge in [0.15, 0.2) is 0 Å². The molecular formula is C16H20ClNO4S. The lowest BCUT2D eigenvalue weighted by Crippen LogP contribution is -2.48. The van der Waals surface area contributed by atoms with Crippen molar-refractivity contribution in [2.24, 2.45) is 5.92 Å². The summed E-state index contributed by atoms with van der Waals surface area (Å²) in [7, 11) is 0. The van der Waals surface area contributed by atoms with Crippen LogP contribution in [-0.4, -0.2) is 42.0 Å². The number of amides is 1. The molecule has 0 saturated carbocycles. The highest BCUT2D eigenvalue weighted by Gasteiger charge is 2.31. The Morgan fingerprint density at radius 2 is 2.22 bits per heavy atom. The zero-order chi connectivity index (χ0) is 16.7. The molecule has 1 saturated heterocycles. The molecule has 0 bridgehead atoms. The van der Waals surface area contributed by atoms with Gasteiger partial charge in [0.1, 0.15) is 6.04 Å². The fraction of sp³-hybridized carbons (Fsp3) is 0.500. The number of aliphatic carboxylic acids is 1.